The first kappa shape index (κ1) is 11.6. The van der Waals surface area contributed by atoms with Gasteiger partial charge in [-0.1, -0.05) is 27.5 Å². The summed E-state index contributed by atoms with van der Waals surface area (Å²) in [6.45, 7) is 0.119. The predicted octanol–water partition coefficient (Wildman–Crippen LogP) is 3.61. The van der Waals surface area contributed by atoms with Crippen molar-refractivity contribution in [3.05, 3.63) is 27.7 Å². The van der Waals surface area contributed by atoms with Crippen molar-refractivity contribution in [2.24, 2.45) is 0 Å². The maximum Gasteiger partial charge on any atom is 0.154 e. The Morgan fingerprint density at radius 1 is 1.57 bits per heavy atom. The van der Waals surface area contributed by atoms with Gasteiger partial charge in [0.1, 0.15) is 12.4 Å². The van der Waals surface area contributed by atoms with E-state index in [9.17, 15) is 0 Å². The SMILES string of the molecule is N#CC(Cl)COc1cc(Br)ccc1Cl. The van der Waals surface area contributed by atoms with Crippen molar-refractivity contribution in [3.8, 4) is 11.8 Å². The second-order valence-corrected chi connectivity index (χ2v) is 4.33. The molecule has 0 aliphatic rings. The van der Waals surface area contributed by atoms with Gasteiger partial charge in [-0.2, -0.15) is 5.26 Å². The van der Waals surface area contributed by atoms with E-state index in [1.165, 1.54) is 0 Å². The number of nitrogens with zero attached hydrogens (tertiary/aromatic N) is 1. The van der Waals surface area contributed by atoms with E-state index >= 15 is 0 Å². The lowest BCUT2D eigenvalue weighted by molar-refractivity contribution is 0.329. The molecule has 0 radical (unpaired) electrons. The van der Waals surface area contributed by atoms with Crippen molar-refractivity contribution in [2.45, 2.75) is 5.38 Å². The zero-order valence-electron chi connectivity index (χ0n) is 7.01. The van der Waals surface area contributed by atoms with Crippen LogP contribution in [0, 0.1) is 11.3 Å². The minimum Gasteiger partial charge on any atom is -0.489 e. The van der Waals surface area contributed by atoms with Gasteiger partial charge in [0.2, 0.25) is 0 Å². The highest BCUT2D eigenvalue weighted by Gasteiger charge is 2.06. The molecule has 1 rings (SSSR count). The molecule has 5 heteroatoms. The Morgan fingerprint density at radius 3 is 2.93 bits per heavy atom. The van der Waals surface area contributed by atoms with E-state index in [1.807, 2.05) is 6.07 Å². The summed E-state index contributed by atoms with van der Waals surface area (Å²) in [5.74, 6) is 0.516. The summed E-state index contributed by atoms with van der Waals surface area (Å²) in [4.78, 5) is 0. The molecule has 0 spiro atoms. The summed E-state index contributed by atoms with van der Waals surface area (Å²) in [5.41, 5.74) is 0. The van der Waals surface area contributed by atoms with E-state index in [0.717, 1.165) is 4.47 Å². The van der Waals surface area contributed by atoms with Crippen LogP contribution < -0.4 is 4.74 Å². The van der Waals surface area contributed by atoms with Gasteiger partial charge in [-0.3, -0.25) is 0 Å². The number of ether oxygens (including phenoxy) is 1. The third-order valence-electron chi connectivity index (χ3n) is 1.42. The van der Waals surface area contributed by atoms with Crippen LogP contribution in [-0.4, -0.2) is 12.0 Å². The van der Waals surface area contributed by atoms with Gasteiger partial charge in [0, 0.05) is 4.47 Å². The second kappa shape index (κ2) is 5.45. The van der Waals surface area contributed by atoms with Crippen molar-refractivity contribution in [3.63, 3.8) is 0 Å². The first-order valence-electron chi connectivity index (χ1n) is 3.75. The van der Waals surface area contributed by atoms with E-state index in [2.05, 4.69) is 15.9 Å². The predicted molar refractivity (Wildman–Crippen MR) is 59.9 cm³/mol. The maximum atomic E-state index is 8.43. The van der Waals surface area contributed by atoms with E-state index < -0.39 is 5.38 Å². The van der Waals surface area contributed by atoms with Crippen LogP contribution in [0.3, 0.4) is 0 Å². The molecule has 1 aromatic carbocycles. The molecule has 0 aliphatic heterocycles. The van der Waals surface area contributed by atoms with E-state index in [0.29, 0.717) is 10.8 Å². The zero-order valence-corrected chi connectivity index (χ0v) is 10.1. The average Bonchev–Trinajstić information content (AvgIpc) is 2.19. The minimum absolute atomic E-state index is 0.119. The van der Waals surface area contributed by atoms with Crippen molar-refractivity contribution < 1.29 is 4.74 Å². The summed E-state index contributed by atoms with van der Waals surface area (Å²) in [6, 6.07) is 7.09. The fraction of sp³-hybridized carbons (Fsp3) is 0.222. The van der Waals surface area contributed by atoms with Gasteiger partial charge in [0.15, 0.2) is 5.38 Å². The Balaban J connectivity index is 2.67. The molecule has 0 N–H and O–H groups in total. The van der Waals surface area contributed by atoms with Gasteiger partial charge < -0.3 is 4.74 Å². The smallest absolute Gasteiger partial charge is 0.154 e. The lowest BCUT2D eigenvalue weighted by Crippen LogP contribution is -2.09. The number of halogens is 3. The first-order chi connectivity index (χ1) is 6.63. The largest absolute Gasteiger partial charge is 0.489 e. The highest BCUT2D eigenvalue weighted by Crippen LogP contribution is 2.28. The third-order valence-corrected chi connectivity index (χ3v) is 2.45. The summed E-state index contributed by atoms with van der Waals surface area (Å²) < 4.78 is 6.11. The fourth-order valence-corrected chi connectivity index (χ4v) is 1.36. The highest BCUT2D eigenvalue weighted by atomic mass is 79.9. The molecule has 14 heavy (non-hydrogen) atoms. The lowest BCUT2D eigenvalue weighted by Gasteiger charge is -2.08. The van der Waals surface area contributed by atoms with Crippen LogP contribution in [0.2, 0.25) is 5.02 Å². The zero-order chi connectivity index (χ0) is 10.6. The van der Waals surface area contributed by atoms with Gasteiger partial charge in [-0.15, -0.1) is 11.6 Å². The number of alkyl halides is 1. The number of rotatable bonds is 3. The fourth-order valence-electron chi connectivity index (χ4n) is 0.788. The Bertz CT molecular complexity index is 364. The quantitative estimate of drug-likeness (QED) is 0.798. The summed E-state index contributed by atoms with van der Waals surface area (Å²) in [7, 11) is 0. The molecule has 0 aliphatic carbocycles. The van der Waals surface area contributed by atoms with Gasteiger partial charge in [0.05, 0.1) is 11.1 Å². The first-order valence-corrected chi connectivity index (χ1v) is 5.35. The molecule has 2 nitrogen and oxygen atoms in total. The molecule has 1 aromatic rings. The van der Waals surface area contributed by atoms with Crippen LogP contribution in [-0.2, 0) is 0 Å². The second-order valence-electron chi connectivity index (χ2n) is 2.48. The molecule has 74 valence electrons. The molecule has 0 saturated heterocycles. The van der Waals surface area contributed by atoms with Gasteiger partial charge in [-0.05, 0) is 18.2 Å². The molecule has 0 saturated carbocycles. The molecule has 0 bridgehead atoms. The molecule has 0 heterocycles. The summed E-state index contributed by atoms with van der Waals surface area (Å²) >= 11 is 14.7. The van der Waals surface area contributed by atoms with Crippen LogP contribution in [0.4, 0.5) is 0 Å². The van der Waals surface area contributed by atoms with Crippen LogP contribution in [0.1, 0.15) is 0 Å². The Kier molecular flexibility index (Phi) is 4.53. The molecular formula is C9H6BrCl2NO. The average molecular weight is 295 g/mol. The number of nitriles is 1. The van der Waals surface area contributed by atoms with E-state index in [-0.39, 0.29) is 6.61 Å². The summed E-state index contributed by atoms with van der Waals surface area (Å²) in [6.07, 6.45) is 0. The van der Waals surface area contributed by atoms with Crippen LogP contribution in [0.25, 0.3) is 0 Å². The van der Waals surface area contributed by atoms with E-state index in [4.69, 9.17) is 33.2 Å². The molecule has 0 amide bonds. The lowest BCUT2D eigenvalue weighted by atomic mass is 10.3. The van der Waals surface area contributed by atoms with Crippen LogP contribution in [0.15, 0.2) is 22.7 Å². The summed E-state index contributed by atoms with van der Waals surface area (Å²) in [5, 5.41) is 8.27. The standard InChI is InChI=1S/C9H6BrCl2NO/c10-6-1-2-8(12)9(3-6)14-5-7(11)4-13/h1-3,7H,5H2. The van der Waals surface area contributed by atoms with Crippen LogP contribution in [0.5, 0.6) is 5.75 Å². The van der Waals surface area contributed by atoms with Crippen molar-refractivity contribution in [1.82, 2.24) is 0 Å². The number of hydrogen-bond donors (Lipinski definition) is 0. The minimum atomic E-state index is -0.662. The Hall–Kier alpha value is -0.430. The molecule has 0 aromatic heterocycles. The molecule has 0 fully saturated rings. The monoisotopic (exact) mass is 293 g/mol. The van der Waals surface area contributed by atoms with Crippen molar-refractivity contribution in [2.75, 3.05) is 6.61 Å². The topological polar surface area (TPSA) is 33.0 Å². The van der Waals surface area contributed by atoms with Gasteiger partial charge in [-0.25, -0.2) is 0 Å². The third kappa shape index (κ3) is 3.38. The Labute approximate surface area is 101 Å². The van der Waals surface area contributed by atoms with Crippen LogP contribution >= 0.6 is 39.1 Å². The molecule has 1 atom stereocenters. The normalized spacial score (nSPS) is 11.9. The Morgan fingerprint density at radius 2 is 2.29 bits per heavy atom. The highest BCUT2D eigenvalue weighted by molar-refractivity contribution is 9.10. The van der Waals surface area contributed by atoms with Crippen molar-refractivity contribution >= 4 is 39.1 Å². The number of benzene rings is 1. The molecule has 1 unspecified atom stereocenters. The van der Waals surface area contributed by atoms with Gasteiger partial charge >= 0.3 is 0 Å². The van der Waals surface area contributed by atoms with E-state index in [1.54, 1.807) is 18.2 Å². The van der Waals surface area contributed by atoms with Gasteiger partial charge in [0.25, 0.3) is 0 Å². The molecular weight excluding hydrogens is 289 g/mol. The maximum absolute atomic E-state index is 8.43. The van der Waals surface area contributed by atoms with Crippen molar-refractivity contribution in [1.29, 1.82) is 5.26 Å². The number of hydrogen-bond acceptors (Lipinski definition) is 2.